The first-order valence-electron chi connectivity index (χ1n) is 14.2. The van der Waals surface area contributed by atoms with Crippen LogP contribution in [-0.2, 0) is 33.6 Å². The SMILES string of the molecule is CC(NC(=O)CC(F)(F)F)c1cccc(CC(=O)N/C(N)=C/C=C(\N)CCCCc2nnc(NC(=O)Cc3ccccc3)s2)c1. The molecule has 1 aromatic heterocycles. The first-order chi connectivity index (χ1) is 21.4. The second kappa shape index (κ2) is 16.9. The van der Waals surface area contributed by atoms with Gasteiger partial charge in [0.15, 0.2) is 0 Å². The van der Waals surface area contributed by atoms with Crippen molar-refractivity contribution >= 4 is 34.2 Å². The minimum absolute atomic E-state index is 0.0329. The molecule has 10 nitrogen and oxygen atoms in total. The van der Waals surface area contributed by atoms with Gasteiger partial charge in [-0.25, -0.2) is 0 Å². The van der Waals surface area contributed by atoms with Gasteiger partial charge >= 0.3 is 6.18 Å². The molecule has 0 aliphatic rings. The monoisotopic (exact) mass is 643 g/mol. The smallest absolute Gasteiger partial charge is 0.397 e. The van der Waals surface area contributed by atoms with Gasteiger partial charge in [-0.2, -0.15) is 13.2 Å². The lowest BCUT2D eigenvalue weighted by atomic mass is 10.0. The van der Waals surface area contributed by atoms with E-state index in [2.05, 4.69) is 26.1 Å². The zero-order valence-corrected chi connectivity index (χ0v) is 25.5. The summed E-state index contributed by atoms with van der Waals surface area (Å²) in [5.74, 6) is -1.57. The lowest BCUT2D eigenvalue weighted by Crippen LogP contribution is -2.31. The normalized spacial score (nSPS) is 12.8. The number of hydrogen-bond donors (Lipinski definition) is 5. The molecule has 3 rings (SSSR count). The van der Waals surface area contributed by atoms with Crippen LogP contribution in [0.15, 0.2) is 78.3 Å². The molecular weight excluding hydrogens is 607 g/mol. The molecule has 0 radical (unpaired) electrons. The summed E-state index contributed by atoms with van der Waals surface area (Å²) in [6.45, 7) is 1.56. The number of halogens is 3. The minimum Gasteiger partial charge on any atom is -0.402 e. The number of aryl methyl sites for hydroxylation is 1. The van der Waals surface area contributed by atoms with Crippen LogP contribution in [0.2, 0.25) is 0 Å². The third-order valence-corrected chi connectivity index (χ3v) is 7.24. The van der Waals surface area contributed by atoms with Crippen LogP contribution < -0.4 is 27.4 Å². The van der Waals surface area contributed by atoms with Crippen LogP contribution in [0.1, 0.15) is 60.3 Å². The number of benzene rings is 2. The van der Waals surface area contributed by atoms with Crippen LogP contribution in [0.25, 0.3) is 0 Å². The highest BCUT2D eigenvalue weighted by molar-refractivity contribution is 7.15. The lowest BCUT2D eigenvalue weighted by Gasteiger charge is -2.16. The van der Waals surface area contributed by atoms with Gasteiger partial charge in [0.1, 0.15) is 17.2 Å². The second-order valence-electron chi connectivity index (χ2n) is 10.3. The zero-order valence-electron chi connectivity index (χ0n) is 24.7. The average molecular weight is 644 g/mol. The molecule has 0 saturated heterocycles. The molecule has 0 fully saturated rings. The number of alkyl halides is 3. The summed E-state index contributed by atoms with van der Waals surface area (Å²) in [5.41, 5.74) is 14.6. The summed E-state index contributed by atoms with van der Waals surface area (Å²) in [5, 5.41) is 17.1. The standard InChI is InChI=1S/C31H36F3N7O3S/c1-20(37-28(44)19-31(32,33)34)23-11-7-10-22(16-23)18-26(42)38-25(36)15-14-24(35)12-5-6-13-29-40-41-30(45-29)39-27(43)17-21-8-3-2-4-9-21/h2-4,7-11,14-16,20H,5-6,12-13,17-19,35-36H2,1H3,(H,37,44)(H,38,42)(H,39,41,43)/b24-14-,25-15+. The number of carbonyl (C=O) groups is 3. The molecular formula is C31H36F3N7O3S. The van der Waals surface area contributed by atoms with Crippen LogP contribution in [-0.4, -0.2) is 34.1 Å². The number of anilines is 1. The van der Waals surface area contributed by atoms with E-state index in [1.54, 1.807) is 37.3 Å². The molecule has 1 heterocycles. The van der Waals surface area contributed by atoms with E-state index in [0.29, 0.717) is 34.8 Å². The van der Waals surface area contributed by atoms with Gasteiger partial charge in [-0.1, -0.05) is 65.9 Å². The maximum Gasteiger partial charge on any atom is 0.397 e. The Labute approximate surface area is 263 Å². The van der Waals surface area contributed by atoms with Gasteiger partial charge in [0.05, 0.1) is 18.9 Å². The summed E-state index contributed by atoms with van der Waals surface area (Å²) in [6, 6.07) is 15.4. The molecule has 3 amide bonds. The third kappa shape index (κ3) is 13.6. The van der Waals surface area contributed by atoms with Crippen LogP contribution in [0.3, 0.4) is 0 Å². The lowest BCUT2D eigenvalue weighted by molar-refractivity contribution is -0.154. The molecule has 7 N–H and O–H groups in total. The number of nitrogens with zero attached hydrogens (tertiary/aromatic N) is 2. The Hall–Kier alpha value is -4.72. The first kappa shape index (κ1) is 34.8. The van der Waals surface area contributed by atoms with Crippen molar-refractivity contribution in [2.75, 3.05) is 5.32 Å². The molecule has 0 aliphatic heterocycles. The Kier molecular flexibility index (Phi) is 13.1. The number of allylic oxidation sites excluding steroid dienone is 3. The van der Waals surface area contributed by atoms with Crippen molar-refractivity contribution in [2.45, 2.75) is 64.1 Å². The number of carbonyl (C=O) groups excluding carboxylic acids is 3. The number of nitrogens with two attached hydrogens (primary N) is 2. The van der Waals surface area contributed by atoms with E-state index in [4.69, 9.17) is 11.5 Å². The minimum atomic E-state index is -4.59. The Balaban J connectivity index is 1.37. The summed E-state index contributed by atoms with van der Waals surface area (Å²) in [6.07, 6.45) is 0.0663. The second-order valence-corrected chi connectivity index (χ2v) is 11.4. The fourth-order valence-electron chi connectivity index (χ4n) is 4.20. The molecule has 2 aromatic carbocycles. The van der Waals surface area contributed by atoms with Crippen LogP contribution >= 0.6 is 11.3 Å². The van der Waals surface area contributed by atoms with Gasteiger partial charge in [-0.05, 0) is 55.0 Å². The van der Waals surface area contributed by atoms with E-state index in [0.717, 1.165) is 23.4 Å². The highest BCUT2D eigenvalue weighted by Gasteiger charge is 2.31. The maximum absolute atomic E-state index is 12.5. The van der Waals surface area contributed by atoms with Crippen molar-refractivity contribution in [2.24, 2.45) is 11.5 Å². The molecule has 0 bridgehead atoms. The van der Waals surface area contributed by atoms with Crippen molar-refractivity contribution in [3.8, 4) is 0 Å². The predicted octanol–water partition coefficient (Wildman–Crippen LogP) is 4.56. The number of nitrogens with one attached hydrogen (secondary N) is 3. The fourth-order valence-corrected chi connectivity index (χ4v) is 5.00. The van der Waals surface area contributed by atoms with Crippen molar-refractivity contribution in [1.29, 1.82) is 0 Å². The molecule has 45 heavy (non-hydrogen) atoms. The van der Waals surface area contributed by atoms with E-state index in [1.165, 1.54) is 17.4 Å². The van der Waals surface area contributed by atoms with Crippen LogP contribution in [0.4, 0.5) is 18.3 Å². The zero-order chi connectivity index (χ0) is 32.8. The van der Waals surface area contributed by atoms with Crippen molar-refractivity contribution < 1.29 is 27.6 Å². The number of rotatable bonds is 15. The van der Waals surface area contributed by atoms with E-state index in [-0.39, 0.29) is 24.6 Å². The van der Waals surface area contributed by atoms with Crippen LogP contribution in [0, 0.1) is 0 Å². The van der Waals surface area contributed by atoms with Crippen molar-refractivity contribution in [3.05, 3.63) is 100.0 Å². The van der Waals surface area contributed by atoms with Gasteiger partial charge in [0.2, 0.25) is 22.9 Å². The fraction of sp³-hybridized carbons (Fsp3) is 0.323. The van der Waals surface area contributed by atoms with Gasteiger partial charge < -0.3 is 27.4 Å². The Morgan fingerprint density at radius 2 is 1.62 bits per heavy atom. The molecule has 3 aromatic rings. The maximum atomic E-state index is 12.5. The van der Waals surface area contributed by atoms with E-state index < -0.39 is 30.5 Å². The molecule has 1 atom stereocenters. The summed E-state index contributed by atoms with van der Waals surface area (Å²) >= 11 is 1.34. The number of aromatic nitrogens is 2. The number of amides is 3. The van der Waals surface area contributed by atoms with E-state index in [1.807, 2.05) is 30.3 Å². The summed E-state index contributed by atoms with van der Waals surface area (Å²) in [7, 11) is 0. The predicted molar refractivity (Wildman–Crippen MR) is 166 cm³/mol. The number of unbranched alkanes of at least 4 members (excludes halogenated alkanes) is 1. The summed E-state index contributed by atoms with van der Waals surface area (Å²) in [4.78, 5) is 36.3. The van der Waals surface area contributed by atoms with Gasteiger partial charge in [-0.15, -0.1) is 10.2 Å². The largest absolute Gasteiger partial charge is 0.402 e. The Bertz CT molecular complexity index is 1510. The summed E-state index contributed by atoms with van der Waals surface area (Å²) < 4.78 is 37.3. The Morgan fingerprint density at radius 1 is 0.911 bits per heavy atom. The molecule has 0 spiro atoms. The van der Waals surface area contributed by atoms with Gasteiger partial charge in [0.25, 0.3) is 0 Å². The van der Waals surface area contributed by atoms with Gasteiger partial charge in [0, 0.05) is 12.1 Å². The van der Waals surface area contributed by atoms with E-state index >= 15 is 0 Å². The first-order valence-corrected chi connectivity index (χ1v) is 15.0. The molecule has 240 valence electrons. The quantitative estimate of drug-likeness (QED) is 0.120. The van der Waals surface area contributed by atoms with Gasteiger partial charge in [-0.3, -0.25) is 14.4 Å². The van der Waals surface area contributed by atoms with Crippen molar-refractivity contribution in [1.82, 2.24) is 20.8 Å². The average Bonchev–Trinajstić information content (AvgIpc) is 3.40. The Morgan fingerprint density at radius 3 is 2.36 bits per heavy atom. The van der Waals surface area contributed by atoms with Crippen molar-refractivity contribution in [3.63, 3.8) is 0 Å². The molecule has 0 aliphatic carbocycles. The molecule has 0 saturated carbocycles. The molecule has 14 heteroatoms. The van der Waals surface area contributed by atoms with E-state index in [9.17, 15) is 27.6 Å². The van der Waals surface area contributed by atoms with Crippen LogP contribution in [0.5, 0.6) is 0 Å². The topological polar surface area (TPSA) is 165 Å². The third-order valence-electron chi connectivity index (χ3n) is 6.34. The number of hydrogen-bond acceptors (Lipinski definition) is 8. The molecule has 1 unspecified atom stereocenters. The highest BCUT2D eigenvalue weighted by Crippen LogP contribution is 2.21. The highest BCUT2D eigenvalue weighted by atomic mass is 32.1.